The molecule has 0 spiro atoms. The number of aromatic nitrogens is 2. The van der Waals surface area contributed by atoms with Crippen LogP contribution >= 0.6 is 0 Å². The SMILES string of the molecule is NCNCc1ccc2nc[nH]c2c1. The van der Waals surface area contributed by atoms with Crippen molar-refractivity contribution in [2.75, 3.05) is 6.67 Å². The van der Waals surface area contributed by atoms with Crippen molar-refractivity contribution in [2.24, 2.45) is 5.73 Å². The van der Waals surface area contributed by atoms with Crippen molar-refractivity contribution in [3.8, 4) is 0 Å². The second-order valence-corrected chi connectivity index (χ2v) is 2.88. The predicted octanol–water partition coefficient (Wildman–Crippen LogP) is 0.569. The van der Waals surface area contributed by atoms with E-state index in [4.69, 9.17) is 5.73 Å². The normalized spacial score (nSPS) is 10.8. The predicted molar refractivity (Wildman–Crippen MR) is 52.0 cm³/mol. The van der Waals surface area contributed by atoms with Gasteiger partial charge in [0.25, 0.3) is 0 Å². The van der Waals surface area contributed by atoms with Gasteiger partial charge < -0.3 is 16.0 Å². The molecule has 1 aromatic carbocycles. The minimum atomic E-state index is 0.501. The molecule has 4 N–H and O–H groups in total. The van der Waals surface area contributed by atoms with E-state index >= 15 is 0 Å². The van der Waals surface area contributed by atoms with Crippen LogP contribution in [0, 0.1) is 0 Å². The summed E-state index contributed by atoms with van der Waals surface area (Å²) in [6, 6.07) is 6.12. The van der Waals surface area contributed by atoms with Crippen LogP contribution in [0.1, 0.15) is 5.56 Å². The summed E-state index contributed by atoms with van der Waals surface area (Å²) in [6.45, 7) is 1.30. The molecule has 1 heterocycles. The topological polar surface area (TPSA) is 66.7 Å². The first-order valence-electron chi connectivity index (χ1n) is 4.23. The molecule has 4 nitrogen and oxygen atoms in total. The molecular weight excluding hydrogens is 164 g/mol. The van der Waals surface area contributed by atoms with E-state index in [2.05, 4.69) is 21.4 Å². The van der Waals surface area contributed by atoms with E-state index < -0.39 is 0 Å². The van der Waals surface area contributed by atoms with Crippen LogP contribution in [0.3, 0.4) is 0 Å². The average molecular weight is 176 g/mol. The molecule has 2 rings (SSSR count). The maximum atomic E-state index is 5.34. The van der Waals surface area contributed by atoms with Crippen molar-refractivity contribution >= 4 is 11.0 Å². The summed E-state index contributed by atoms with van der Waals surface area (Å²) in [5.41, 5.74) is 8.61. The highest BCUT2D eigenvalue weighted by molar-refractivity contribution is 5.74. The zero-order valence-corrected chi connectivity index (χ0v) is 7.25. The molecule has 0 radical (unpaired) electrons. The fourth-order valence-corrected chi connectivity index (χ4v) is 1.31. The molecule has 0 saturated heterocycles. The van der Waals surface area contributed by atoms with Crippen LogP contribution in [0.5, 0.6) is 0 Å². The van der Waals surface area contributed by atoms with E-state index in [-0.39, 0.29) is 0 Å². The molecule has 2 aromatic rings. The number of hydrogen-bond donors (Lipinski definition) is 3. The van der Waals surface area contributed by atoms with Crippen LogP contribution in [0.4, 0.5) is 0 Å². The Morgan fingerprint density at radius 2 is 2.38 bits per heavy atom. The lowest BCUT2D eigenvalue weighted by Crippen LogP contribution is -2.21. The molecule has 13 heavy (non-hydrogen) atoms. The summed E-state index contributed by atoms with van der Waals surface area (Å²) in [4.78, 5) is 7.21. The zero-order valence-electron chi connectivity index (χ0n) is 7.25. The molecule has 0 aliphatic carbocycles. The van der Waals surface area contributed by atoms with Gasteiger partial charge in [-0.15, -0.1) is 0 Å². The number of fused-ring (bicyclic) bond motifs is 1. The van der Waals surface area contributed by atoms with Crippen LogP contribution in [0.15, 0.2) is 24.5 Å². The molecular formula is C9H12N4. The summed E-state index contributed by atoms with van der Waals surface area (Å²) in [5, 5.41) is 3.06. The van der Waals surface area contributed by atoms with Crippen molar-refractivity contribution in [3.63, 3.8) is 0 Å². The number of H-pyrrole nitrogens is 1. The van der Waals surface area contributed by atoms with Crippen molar-refractivity contribution < 1.29 is 0 Å². The van der Waals surface area contributed by atoms with E-state index in [1.165, 1.54) is 5.56 Å². The van der Waals surface area contributed by atoms with Crippen LogP contribution < -0.4 is 11.1 Å². The number of imidazole rings is 1. The van der Waals surface area contributed by atoms with E-state index in [1.54, 1.807) is 6.33 Å². The quantitative estimate of drug-likeness (QED) is 0.599. The fourth-order valence-electron chi connectivity index (χ4n) is 1.31. The minimum Gasteiger partial charge on any atom is -0.345 e. The molecule has 0 bridgehead atoms. The van der Waals surface area contributed by atoms with Gasteiger partial charge in [-0.25, -0.2) is 4.98 Å². The Bertz CT molecular complexity index is 393. The largest absolute Gasteiger partial charge is 0.345 e. The monoisotopic (exact) mass is 176 g/mol. The number of hydrogen-bond acceptors (Lipinski definition) is 3. The lowest BCUT2D eigenvalue weighted by molar-refractivity contribution is 0.709. The molecule has 0 amide bonds. The Balaban J connectivity index is 2.26. The number of benzene rings is 1. The van der Waals surface area contributed by atoms with Gasteiger partial charge in [-0.3, -0.25) is 0 Å². The summed E-state index contributed by atoms with van der Waals surface area (Å²) in [7, 11) is 0. The van der Waals surface area contributed by atoms with E-state index in [0.29, 0.717) is 6.67 Å². The standard InChI is InChI=1S/C9H12N4/c10-5-11-4-7-1-2-8-9(3-7)13-6-12-8/h1-3,6,11H,4-5,10H2,(H,12,13). The first-order chi connectivity index (χ1) is 6.40. The number of nitrogens with two attached hydrogens (primary N) is 1. The Hall–Kier alpha value is -1.39. The molecule has 0 fully saturated rings. The Morgan fingerprint density at radius 3 is 3.23 bits per heavy atom. The van der Waals surface area contributed by atoms with Gasteiger partial charge in [-0.2, -0.15) is 0 Å². The van der Waals surface area contributed by atoms with Gasteiger partial charge in [0.05, 0.1) is 17.4 Å². The Labute approximate surface area is 76.2 Å². The minimum absolute atomic E-state index is 0.501. The third kappa shape index (κ3) is 1.68. The summed E-state index contributed by atoms with van der Waals surface area (Å²) >= 11 is 0. The molecule has 0 unspecified atom stereocenters. The van der Waals surface area contributed by atoms with E-state index in [1.807, 2.05) is 12.1 Å². The highest BCUT2D eigenvalue weighted by Gasteiger charge is 1.96. The maximum absolute atomic E-state index is 5.34. The molecule has 1 aromatic heterocycles. The summed E-state index contributed by atoms with van der Waals surface area (Å²) in [6.07, 6.45) is 1.70. The number of nitrogens with zero attached hydrogens (tertiary/aromatic N) is 1. The number of rotatable bonds is 3. The van der Waals surface area contributed by atoms with Crippen molar-refractivity contribution in [1.82, 2.24) is 15.3 Å². The number of nitrogens with one attached hydrogen (secondary N) is 2. The number of aromatic amines is 1. The summed E-state index contributed by atoms with van der Waals surface area (Å²) < 4.78 is 0. The van der Waals surface area contributed by atoms with Gasteiger partial charge in [0.15, 0.2) is 0 Å². The summed E-state index contributed by atoms with van der Waals surface area (Å²) in [5.74, 6) is 0. The van der Waals surface area contributed by atoms with Gasteiger partial charge >= 0.3 is 0 Å². The van der Waals surface area contributed by atoms with E-state index in [0.717, 1.165) is 17.6 Å². The lowest BCUT2D eigenvalue weighted by atomic mass is 10.2. The third-order valence-electron chi connectivity index (χ3n) is 1.96. The lowest BCUT2D eigenvalue weighted by Gasteiger charge is -2.00. The molecule has 0 atom stereocenters. The van der Waals surface area contributed by atoms with Crippen LogP contribution in [0.25, 0.3) is 11.0 Å². The highest BCUT2D eigenvalue weighted by atomic mass is 14.9. The Kier molecular flexibility index (Phi) is 2.25. The average Bonchev–Trinajstić information content (AvgIpc) is 2.61. The van der Waals surface area contributed by atoms with Gasteiger partial charge in [0.2, 0.25) is 0 Å². The zero-order chi connectivity index (χ0) is 9.10. The molecule has 0 saturated carbocycles. The second-order valence-electron chi connectivity index (χ2n) is 2.88. The first-order valence-corrected chi connectivity index (χ1v) is 4.23. The molecule has 68 valence electrons. The van der Waals surface area contributed by atoms with Crippen LogP contribution in [-0.2, 0) is 6.54 Å². The van der Waals surface area contributed by atoms with Crippen molar-refractivity contribution in [3.05, 3.63) is 30.1 Å². The molecule has 4 heteroatoms. The van der Waals surface area contributed by atoms with Gasteiger partial charge in [-0.05, 0) is 17.7 Å². The Morgan fingerprint density at radius 1 is 1.46 bits per heavy atom. The first kappa shape index (κ1) is 8.22. The smallest absolute Gasteiger partial charge is 0.0931 e. The fraction of sp³-hybridized carbons (Fsp3) is 0.222. The highest BCUT2D eigenvalue weighted by Crippen LogP contribution is 2.10. The van der Waals surface area contributed by atoms with Crippen LogP contribution in [-0.4, -0.2) is 16.6 Å². The van der Waals surface area contributed by atoms with Crippen molar-refractivity contribution in [1.29, 1.82) is 0 Å². The van der Waals surface area contributed by atoms with Gasteiger partial charge in [0.1, 0.15) is 0 Å². The van der Waals surface area contributed by atoms with E-state index in [9.17, 15) is 0 Å². The van der Waals surface area contributed by atoms with Crippen molar-refractivity contribution in [2.45, 2.75) is 6.54 Å². The second kappa shape index (κ2) is 3.55. The van der Waals surface area contributed by atoms with Gasteiger partial charge in [0, 0.05) is 13.2 Å². The third-order valence-corrected chi connectivity index (χ3v) is 1.96. The van der Waals surface area contributed by atoms with Gasteiger partial charge in [-0.1, -0.05) is 6.07 Å². The molecule has 0 aliphatic heterocycles. The maximum Gasteiger partial charge on any atom is 0.0931 e. The molecule has 0 aliphatic rings. The van der Waals surface area contributed by atoms with Crippen LogP contribution in [0.2, 0.25) is 0 Å².